The molecule has 2 heterocycles. The average Bonchev–Trinajstić information content (AvgIpc) is 3.19. The van der Waals surface area contributed by atoms with Gasteiger partial charge in [-0.05, 0) is 24.7 Å². The normalized spacial score (nSPS) is 27.6. The van der Waals surface area contributed by atoms with Gasteiger partial charge in [0.25, 0.3) is 0 Å². The summed E-state index contributed by atoms with van der Waals surface area (Å²) in [5.41, 5.74) is 0. The number of carbonyl (C=O) groups excluding carboxylic acids is 2. The Morgan fingerprint density at radius 1 is 1.48 bits per heavy atom. The van der Waals surface area contributed by atoms with Crippen molar-refractivity contribution in [3.05, 3.63) is 16.6 Å². The third-order valence-corrected chi connectivity index (χ3v) is 5.28. The molecule has 2 fully saturated rings. The summed E-state index contributed by atoms with van der Waals surface area (Å²) in [5, 5.41) is 5.75. The van der Waals surface area contributed by atoms with Crippen LogP contribution < -0.4 is 5.32 Å². The SMILES string of the molecule is CCC(C)C1C(=O)NC(C2CC2)C(=O)N1Cc1nccs1. The lowest BCUT2D eigenvalue weighted by atomic mass is 9.92. The van der Waals surface area contributed by atoms with Crippen molar-refractivity contribution >= 4 is 23.2 Å². The second kappa shape index (κ2) is 5.75. The molecule has 114 valence electrons. The van der Waals surface area contributed by atoms with Gasteiger partial charge in [0, 0.05) is 11.6 Å². The molecule has 3 atom stereocenters. The molecule has 21 heavy (non-hydrogen) atoms. The van der Waals surface area contributed by atoms with E-state index in [0.29, 0.717) is 12.5 Å². The summed E-state index contributed by atoms with van der Waals surface area (Å²) in [6, 6.07) is -0.695. The van der Waals surface area contributed by atoms with E-state index in [-0.39, 0.29) is 29.8 Å². The van der Waals surface area contributed by atoms with Crippen molar-refractivity contribution in [3.63, 3.8) is 0 Å². The van der Waals surface area contributed by atoms with Gasteiger partial charge in [-0.3, -0.25) is 9.59 Å². The Labute approximate surface area is 128 Å². The van der Waals surface area contributed by atoms with Crippen LogP contribution in [0.3, 0.4) is 0 Å². The Bertz CT molecular complexity index is 527. The Kier molecular flexibility index (Phi) is 3.97. The summed E-state index contributed by atoms with van der Waals surface area (Å²) < 4.78 is 0. The van der Waals surface area contributed by atoms with Gasteiger partial charge in [0.05, 0.1) is 6.54 Å². The maximum Gasteiger partial charge on any atom is 0.246 e. The molecular formula is C15H21N3O2S. The Hall–Kier alpha value is -1.43. The minimum atomic E-state index is -0.374. The molecule has 0 spiro atoms. The molecule has 1 aromatic rings. The molecule has 1 aromatic heterocycles. The van der Waals surface area contributed by atoms with E-state index in [4.69, 9.17) is 0 Å². The lowest BCUT2D eigenvalue weighted by Gasteiger charge is -2.41. The number of rotatable bonds is 5. The van der Waals surface area contributed by atoms with Crippen LogP contribution in [0.2, 0.25) is 0 Å². The molecule has 0 radical (unpaired) electrons. The quantitative estimate of drug-likeness (QED) is 0.902. The van der Waals surface area contributed by atoms with E-state index < -0.39 is 0 Å². The number of amides is 2. The number of nitrogens with one attached hydrogen (secondary N) is 1. The zero-order valence-corrected chi connectivity index (χ0v) is 13.2. The Morgan fingerprint density at radius 3 is 2.81 bits per heavy atom. The molecular weight excluding hydrogens is 286 g/mol. The molecule has 3 unspecified atom stereocenters. The lowest BCUT2D eigenvalue weighted by Crippen LogP contribution is -2.65. The van der Waals surface area contributed by atoms with Crippen LogP contribution in [0.5, 0.6) is 0 Å². The number of piperazine rings is 1. The number of nitrogens with zero attached hydrogens (tertiary/aromatic N) is 2. The second-order valence-electron chi connectivity index (χ2n) is 6.05. The highest BCUT2D eigenvalue weighted by Gasteiger charge is 2.48. The van der Waals surface area contributed by atoms with Crippen molar-refractivity contribution in [2.45, 2.75) is 51.7 Å². The van der Waals surface area contributed by atoms with E-state index in [1.54, 1.807) is 11.1 Å². The number of hydrogen-bond donors (Lipinski definition) is 1. The molecule has 1 aliphatic carbocycles. The molecule has 0 aromatic carbocycles. The Balaban J connectivity index is 1.86. The van der Waals surface area contributed by atoms with Crippen LogP contribution in [0, 0.1) is 11.8 Å². The predicted octanol–water partition coefficient (Wildman–Crippen LogP) is 1.79. The minimum absolute atomic E-state index is 0.00240. The van der Waals surface area contributed by atoms with Gasteiger partial charge >= 0.3 is 0 Å². The van der Waals surface area contributed by atoms with Crippen LogP contribution in [0.4, 0.5) is 0 Å². The fraction of sp³-hybridized carbons (Fsp3) is 0.667. The van der Waals surface area contributed by atoms with Gasteiger partial charge in [-0.1, -0.05) is 20.3 Å². The summed E-state index contributed by atoms with van der Waals surface area (Å²) in [4.78, 5) is 31.3. The summed E-state index contributed by atoms with van der Waals surface area (Å²) in [6.07, 6.45) is 4.69. The standard InChI is InChI=1S/C15H21N3O2S/c1-3-9(2)13-14(19)17-12(10-4-5-10)15(20)18(13)8-11-16-6-7-21-11/h6-7,9-10,12-13H,3-5,8H2,1-2H3,(H,17,19). The average molecular weight is 307 g/mol. The molecule has 1 saturated heterocycles. The van der Waals surface area contributed by atoms with Crippen molar-refractivity contribution in [1.82, 2.24) is 15.2 Å². The van der Waals surface area contributed by atoms with E-state index in [2.05, 4.69) is 17.2 Å². The van der Waals surface area contributed by atoms with Gasteiger partial charge in [-0.2, -0.15) is 0 Å². The fourth-order valence-corrected chi connectivity index (χ4v) is 3.56. The van der Waals surface area contributed by atoms with Crippen molar-refractivity contribution in [2.75, 3.05) is 0 Å². The fourth-order valence-electron chi connectivity index (χ4n) is 2.95. The van der Waals surface area contributed by atoms with Gasteiger partial charge in [-0.25, -0.2) is 4.98 Å². The molecule has 0 bridgehead atoms. The smallest absolute Gasteiger partial charge is 0.246 e. The molecule has 3 rings (SSSR count). The van der Waals surface area contributed by atoms with Crippen molar-refractivity contribution in [1.29, 1.82) is 0 Å². The molecule has 1 saturated carbocycles. The first-order chi connectivity index (χ1) is 10.1. The third kappa shape index (κ3) is 2.81. The maximum atomic E-state index is 12.8. The Morgan fingerprint density at radius 2 is 2.24 bits per heavy atom. The lowest BCUT2D eigenvalue weighted by molar-refractivity contribution is -0.152. The summed E-state index contributed by atoms with van der Waals surface area (Å²) in [6.45, 7) is 4.53. The third-order valence-electron chi connectivity index (χ3n) is 4.52. The van der Waals surface area contributed by atoms with Crippen molar-refractivity contribution in [2.24, 2.45) is 11.8 Å². The van der Waals surface area contributed by atoms with Crippen LogP contribution in [0.15, 0.2) is 11.6 Å². The summed E-state index contributed by atoms with van der Waals surface area (Å²) in [7, 11) is 0. The summed E-state index contributed by atoms with van der Waals surface area (Å²) >= 11 is 1.53. The highest BCUT2D eigenvalue weighted by molar-refractivity contribution is 7.09. The van der Waals surface area contributed by atoms with E-state index in [1.807, 2.05) is 12.3 Å². The van der Waals surface area contributed by atoms with Crippen LogP contribution in [-0.2, 0) is 16.1 Å². The highest BCUT2D eigenvalue weighted by Crippen LogP contribution is 2.36. The zero-order valence-electron chi connectivity index (χ0n) is 12.4. The van der Waals surface area contributed by atoms with Gasteiger partial charge in [-0.15, -0.1) is 11.3 Å². The number of carbonyl (C=O) groups is 2. The highest BCUT2D eigenvalue weighted by atomic mass is 32.1. The van der Waals surface area contributed by atoms with Crippen LogP contribution >= 0.6 is 11.3 Å². The van der Waals surface area contributed by atoms with E-state index >= 15 is 0 Å². The number of thiazole rings is 1. The second-order valence-corrected chi connectivity index (χ2v) is 7.03. The predicted molar refractivity (Wildman–Crippen MR) is 80.6 cm³/mol. The molecule has 5 nitrogen and oxygen atoms in total. The first-order valence-electron chi connectivity index (χ1n) is 7.61. The van der Waals surface area contributed by atoms with Gasteiger partial charge in [0.1, 0.15) is 17.1 Å². The van der Waals surface area contributed by atoms with Crippen molar-refractivity contribution in [3.8, 4) is 0 Å². The van der Waals surface area contributed by atoms with E-state index in [1.165, 1.54) is 11.3 Å². The number of hydrogen-bond acceptors (Lipinski definition) is 4. The topological polar surface area (TPSA) is 62.3 Å². The molecule has 2 aliphatic rings. The van der Waals surface area contributed by atoms with Gasteiger partial charge in [0.15, 0.2) is 0 Å². The summed E-state index contributed by atoms with van der Waals surface area (Å²) in [5.74, 6) is 0.544. The molecule has 6 heteroatoms. The monoisotopic (exact) mass is 307 g/mol. The van der Waals surface area contributed by atoms with Gasteiger partial charge < -0.3 is 10.2 Å². The minimum Gasteiger partial charge on any atom is -0.342 e. The van der Waals surface area contributed by atoms with Crippen LogP contribution in [-0.4, -0.2) is 33.8 Å². The zero-order chi connectivity index (χ0) is 15.0. The largest absolute Gasteiger partial charge is 0.342 e. The maximum absolute atomic E-state index is 12.8. The number of aromatic nitrogens is 1. The van der Waals surface area contributed by atoms with E-state index in [9.17, 15) is 9.59 Å². The molecule has 1 aliphatic heterocycles. The first kappa shape index (κ1) is 14.5. The molecule has 1 N–H and O–H groups in total. The van der Waals surface area contributed by atoms with Gasteiger partial charge in [0.2, 0.25) is 11.8 Å². The van der Waals surface area contributed by atoms with Crippen LogP contribution in [0.1, 0.15) is 38.1 Å². The first-order valence-corrected chi connectivity index (χ1v) is 8.49. The van der Waals surface area contributed by atoms with Crippen LogP contribution in [0.25, 0.3) is 0 Å². The molecule has 2 amide bonds. The van der Waals surface area contributed by atoms with Crippen molar-refractivity contribution < 1.29 is 9.59 Å². The van der Waals surface area contributed by atoms with E-state index in [0.717, 1.165) is 24.3 Å².